The lowest BCUT2D eigenvalue weighted by molar-refractivity contribution is 0.194. The molecule has 0 aliphatic carbocycles. The first-order valence-electron chi connectivity index (χ1n) is 9.48. The van der Waals surface area contributed by atoms with Crippen LogP contribution in [0.15, 0.2) is 45.8 Å². The molecule has 0 bridgehead atoms. The lowest BCUT2D eigenvalue weighted by Gasteiger charge is -2.35. The Morgan fingerprint density at radius 2 is 1.89 bits per heavy atom. The third kappa shape index (κ3) is 6.34. The van der Waals surface area contributed by atoms with Crippen LogP contribution >= 0.6 is 24.0 Å². The zero-order valence-corrected chi connectivity index (χ0v) is 19.2. The molecular formula is C21H30IN5O. The van der Waals surface area contributed by atoms with Crippen molar-refractivity contribution in [2.24, 2.45) is 4.99 Å². The van der Waals surface area contributed by atoms with Gasteiger partial charge in [-0.25, -0.2) is 4.98 Å². The van der Waals surface area contributed by atoms with Crippen molar-refractivity contribution < 1.29 is 4.42 Å². The minimum Gasteiger partial charge on any atom is -0.444 e. The number of rotatable bonds is 5. The van der Waals surface area contributed by atoms with Crippen LogP contribution in [-0.2, 0) is 6.54 Å². The normalized spacial score (nSPS) is 15.7. The molecule has 1 aromatic carbocycles. The molecule has 0 saturated carbocycles. The predicted octanol–water partition coefficient (Wildman–Crippen LogP) is 3.32. The van der Waals surface area contributed by atoms with Gasteiger partial charge in [-0.15, -0.1) is 24.0 Å². The third-order valence-corrected chi connectivity index (χ3v) is 4.83. The van der Waals surface area contributed by atoms with Gasteiger partial charge >= 0.3 is 0 Å². The molecule has 2 heterocycles. The molecule has 0 radical (unpaired) electrons. The van der Waals surface area contributed by atoms with Crippen LogP contribution in [0.25, 0.3) is 6.08 Å². The van der Waals surface area contributed by atoms with Gasteiger partial charge in [-0.05, 0) is 19.4 Å². The molecule has 1 aliphatic rings. The summed E-state index contributed by atoms with van der Waals surface area (Å²) in [5.41, 5.74) is 2.19. The van der Waals surface area contributed by atoms with E-state index in [1.54, 1.807) is 0 Å². The van der Waals surface area contributed by atoms with Crippen molar-refractivity contribution >= 4 is 36.0 Å². The number of nitrogens with zero attached hydrogens (tertiary/aromatic N) is 4. The molecule has 1 N–H and O–H groups in total. The highest BCUT2D eigenvalue weighted by Gasteiger charge is 2.19. The van der Waals surface area contributed by atoms with E-state index in [1.165, 1.54) is 5.56 Å². The Balaban J connectivity index is 0.00000280. The molecule has 1 saturated heterocycles. The van der Waals surface area contributed by atoms with Crippen LogP contribution < -0.4 is 5.32 Å². The number of piperazine rings is 1. The minimum absolute atomic E-state index is 0. The zero-order chi connectivity index (χ0) is 19.1. The Hall–Kier alpha value is -1.87. The van der Waals surface area contributed by atoms with Crippen LogP contribution in [0.3, 0.4) is 0 Å². The first-order chi connectivity index (χ1) is 13.2. The number of halogens is 1. The van der Waals surface area contributed by atoms with Gasteiger partial charge in [0.15, 0.2) is 5.96 Å². The predicted molar refractivity (Wildman–Crippen MR) is 125 cm³/mol. The van der Waals surface area contributed by atoms with Crippen molar-refractivity contribution in [3.63, 3.8) is 0 Å². The van der Waals surface area contributed by atoms with Gasteiger partial charge in [0.05, 0.1) is 12.2 Å². The van der Waals surface area contributed by atoms with Crippen molar-refractivity contribution in [2.75, 3.05) is 39.8 Å². The first kappa shape index (κ1) is 22.4. The average molecular weight is 495 g/mol. The van der Waals surface area contributed by atoms with Gasteiger partial charge < -0.3 is 14.6 Å². The number of aryl methyl sites for hydroxylation is 2. The molecule has 2 aromatic rings. The molecule has 0 spiro atoms. The molecular weight excluding hydrogens is 465 g/mol. The minimum atomic E-state index is 0. The summed E-state index contributed by atoms with van der Waals surface area (Å²) in [6.07, 6.45) is 4.43. The summed E-state index contributed by atoms with van der Waals surface area (Å²) in [5.74, 6) is 2.48. The molecule has 6 nitrogen and oxygen atoms in total. The summed E-state index contributed by atoms with van der Waals surface area (Å²) in [6.45, 7) is 9.40. The van der Waals surface area contributed by atoms with Gasteiger partial charge in [0, 0.05) is 39.8 Å². The number of hydrogen-bond acceptors (Lipinski definition) is 4. The van der Waals surface area contributed by atoms with Gasteiger partial charge in [-0.2, -0.15) is 0 Å². The largest absolute Gasteiger partial charge is 0.444 e. The second kappa shape index (κ2) is 11.2. The van der Waals surface area contributed by atoms with Crippen molar-refractivity contribution in [1.82, 2.24) is 20.1 Å². The highest BCUT2D eigenvalue weighted by Crippen LogP contribution is 2.09. The van der Waals surface area contributed by atoms with Crippen LogP contribution in [0.1, 0.15) is 22.9 Å². The topological polar surface area (TPSA) is 56.9 Å². The molecule has 0 unspecified atom stereocenters. The molecule has 7 heteroatoms. The third-order valence-electron chi connectivity index (χ3n) is 4.83. The molecule has 1 aliphatic heterocycles. The molecule has 0 atom stereocenters. The second-order valence-corrected chi connectivity index (χ2v) is 6.75. The first-order valence-corrected chi connectivity index (χ1v) is 9.48. The summed E-state index contributed by atoms with van der Waals surface area (Å²) in [5, 5.41) is 3.36. The fourth-order valence-corrected chi connectivity index (χ4v) is 3.15. The molecule has 1 fully saturated rings. The van der Waals surface area contributed by atoms with Crippen LogP contribution in [0.5, 0.6) is 0 Å². The smallest absolute Gasteiger partial charge is 0.214 e. The van der Waals surface area contributed by atoms with Gasteiger partial charge in [0.2, 0.25) is 5.89 Å². The molecule has 1 aromatic heterocycles. The summed E-state index contributed by atoms with van der Waals surface area (Å²) in [6, 6.07) is 10.4. The van der Waals surface area contributed by atoms with E-state index in [9.17, 15) is 0 Å². The number of aromatic nitrogens is 1. The highest BCUT2D eigenvalue weighted by molar-refractivity contribution is 14.0. The van der Waals surface area contributed by atoms with Gasteiger partial charge in [0.1, 0.15) is 5.76 Å². The maximum absolute atomic E-state index is 5.63. The van der Waals surface area contributed by atoms with E-state index in [4.69, 9.17) is 4.42 Å². The molecule has 152 valence electrons. The lowest BCUT2D eigenvalue weighted by Crippen LogP contribution is -2.52. The quantitative estimate of drug-likeness (QED) is 0.392. The van der Waals surface area contributed by atoms with Gasteiger partial charge in [-0.1, -0.05) is 42.5 Å². The van der Waals surface area contributed by atoms with Crippen LogP contribution in [0, 0.1) is 13.8 Å². The standard InChI is InChI=1S/C21H29N5O.HI/c1-17-18(2)27-20(24-17)16-23-21(22-3)26-14-12-25(13-15-26)11-7-10-19-8-5-4-6-9-19;/h4-10H,11-16H2,1-3H3,(H,22,23);1H. The molecule has 0 amide bonds. The Bertz CT molecular complexity index is 760. The Labute approximate surface area is 184 Å². The Morgan fingerprint density at radius 3 is 2.50 bits per heavy atom. The van der Waals surface area contributed by atoms with E-state index in [0.29, 0.717) is 12.4 Å². The SMILES string of the molecule is CN=C(NCc1nc(C)c(C)o1)N1CCN(CC=Cc2ccccc2)CC1.I. The Morgan fingerprint density at radius 1 is 1.18 bits per heavy atom. The number of aliphatic imine (C=N–C) groups is 1. The van der Waals surface area contributed by atoms with Crippen molar-refractivity contribution in [2.45, 2.75) is 20.4 Å². The van der Waals surface area contributed by atoms with Crippen LogP contribution in [-0.4, -0.2) is 60.5 Å². The van der Waals surface area contributed by atoms with E-state index in [0.717, 1.165) is 50.1 Å². The number of benzene rings is 1. The number of guanidine groups is 1. The Kier molecular flexibility index (Phi) is 8.98. The highest BCUT2D eigenvalue weighted by atomic mass is 127. The van der Waals surface area contributed by atoms with E-state index in [-0.39, 0.29) is 24.0 Å². The molecule has 28 heavy (non-hydrogen) atoms. The second-order valence-electron chi connectivity index (χ2n) is 6.75. The summed E-state index contributed by atoms with van der Waals surface area (Å²) < 4.78 is 5.63. The van der Waals surface area contributed by atoms with Gasteiger partial charge in [-0.3, -0.25) is 9.89 Å². The van der Waals surface area contributed by atoms with Gasteiger partial charge in [0.25, 0.3) is 0 Å². The molecule has 3 rings (SSSR count). The summed E-state index contributed by atoms with van der Waals surface area (Å²) in [7, 11) is 1.82. The van der Waals surface area contributed by atoms with E-state index in [2.05, 4.69) is 61.5 Å². The zero-order valence-electron chi connectivity index (χ0n) is 16.9. The number of oxazole rings is 1. The van der Waals surface area contributed by atoms with E-state index >= 15 is 0 Å². The van der Waals surface area contributed by atoms with Crippen LogP contribution in [0.4, 0.5) is 0 Å². The van der Waals surface area contributed by atoms with E-state index < -0.39 is 0 Å². The van der Waals surface area contributed by atoms with Crippen molar-refractivity contribution in [1.29, 1.82) is 0 Å². The van der Waals surface area contributed by atoms with Crippen molar-refractivity contribution in [3.8, 4) is 0 Å². The average Bonchev–Trinajstić information content (AvgIpc) is 3.02. The maximum atomic E-state index is 5.63. The lowest BCUT2D eigenvalue weighted by atomic mass is 10.2. The summed E-state index contributed by atoms with van der Waals surface area (Å²) >= 11 is 0. The number of nitrogens with one attached hydrogen (secondary N) is 1. The summed E-state index contributed by atoms with van der Waals surface area (Å²) in [4.78, 5) is 13.6. The van der Waals surface area contributed by atoms with E-state index in [1.807, 2.05) is 27.0 Å². The number of hydrogen-bond donors (Lipinski definition) is 1. The van der Waals surface area contributed by atoms with Crippen LogP contribution in [0.2, 0.25) is 0 Å². The van der Waals surface area contributed by atoms with Crippen molar-refractivity contribution in [3.05, 3.63) is 59.3 Å². The monoisotopic (exact) mass is 495 g/mol. The fourth-order valence-electron chi connectivity index (χ4n) is 3.15. The fraction of sp³-hybridized carbons (Fsp3) is 0.429. The maximum Gasteiger partial charge on any atom is 0.214 e.